The average Bonchev–Trinajstić information content (AvgIpc) is 3.33. The van der Waals surface area contributed by atoms with E-state index in [9.17, 15) is 14.4 Å². The van der Waals surface area contributed by atoms with E-state index in [0.717, 1.165) is 22.9 Å². The summed E-state index contributed by atoms with van der Waals surface area (Å²) in [6.07, 6.45) is 1.03. The van der Waals surface area contributed by atoms with Crippen molar-refractivity contribution >= 4 is 28.8 Å². The molecule has 2 aliphatic rings. The van der Waals surface area contributed by atoms with Gasteiger partial charge in [-0.15, -0.1) is 0 Å². The second kappa shape index (κ2) is 8.19. The van der Waals surface area contributed by atoms with Gasteiger partial charge in [0.25, 0.3) is 5.24 Å². The van der Waals surface area contributed by atoms with Gasteiger partial charge < -0.3 is 4.90 Å². The summed E-state index contributed by atoms with van der Waals surface area (Å²) in [6, 6.07) is 19.9. The van der Waals surface area contributed by atoms with E-state index in [2.05, 4.69) is 24.3 Å². The largest absolute Gasteiger partial charge is 0.341 e. The summed E-state index contributed by atoms with van der Waals surface area (Å²) in [5, 5.41) is -0.184. The molecule has 6 heteroatoms. The lowest BCUT2D eigenvalue weighted by molar-refractivity contribution is -0.131. The molecule has 2 aromatic carbocycles. The fourth-order valence-electron chi connectivity index (χ4n) is 4.00. The number of thioether (sulfide) groups is 1. The normalized spacial score (nSPS) is 19.7. The van der Waals surface area contributed by atoms with Crippen LogP contribution in [0.5, 0.6) is 0 Å². The number of benzene rings is 2. The van der Waals surface area contributed by atoms with Gasteiger partial charge in [0.15, 0.2) is 0 Å². The Kier molecular flexibility index (Phi) is 5.48. The third-order valence-electron chi connectivity index (χ3n) is 5.45. The van der Waals surface area contributed by atoms with Crippen molar-refractivity contribution in [2.24, 2.45) is 0 Å². The van der Waals surface area contributed by atoms with E-state index in [0.29, 0.717) is 25.9 Å². The molecule has 28 heavy (non-hydrogen) atoms. The van der Waals surface area contributed by atoms with Gasteiger partial charge in [0.1, 0.15) is 0 Å². The molecule has 2 heterocycles. The Morgan fingerprint density at radius 1 is 1.00 bits per heavy atom. The van der Waals surface area contributed by atoms with Gasteiger partial charge in [-0.2, -0.15) is 0 Å². The molecule has 3 amide bonds. The van der Waals surface area contributed by atoms with Gasteiger partial charge >= 0.3 is 0 Å². The molecule has 0 aromatic heterocycles. The van der Waals surface area contributed by atoms with Gasteiger partial charge in [-0.05, 0) is 17.5 Å². The quantitative estimate of drug-likeness (QED) is 0.779. The zero-order chi connectivity index (χ0) is 19.5. The monoisotopic (exact) mass is 394 g/mol. The molecule has 2 aliphatic heterocycles. The fourth-order valence-corrected chi connectivity index (χ4v) is 4.77. The van der Waals surface area contributed by atoms with Crippen LogP contribution >= 0.6 is 11.8 Å². The van der Waals surface area contributed by atoms with Crippen molar-refractivity contribution in [1.29, 1.82) is 0 Å². The molecule has 0 bridgehead atoms. The maximum absolute atomic E-state index is 13.1. The van der Waals surface area contributed by atoms with Crippen LogP contribution in [0.1, 0.15) is 29.9 Å². The summed E-state index contributed by atoms with van der Waals surface area (Å²) in [7, 11) is 0. The van der Waals surface area contributed by atoms with Crippen molar-refractivity contribution < 1.29 is 14.4 Å². The number of nitrogens with zero attached hydrogens (tertiary/aromatic N) is 2. The lowest BCUT2D eigenvalue weighted by Gasteiger charge is -2.24. The van der Waals surface area contributed by atoms with E-state index < -0.39 is 0 Å². The maximum Gasteiger partial charge on any atom is 0.289 e. The van der Waals surface area contributed by atoms with Crippen molar-refractivity contribution in [3.8, 4) is 0 Å². The highest BCUT2D eigenvalue weighted by Crippen LogP contribution is 2.31. The average molecular weight is 394 g/mol. The number of amides is 3. The number of imide groups is 1. The first-order chi connectivity index (χ1) is 13.6. The minimum absolute atomic E-state index is 0.0143. The minimum atomic E-state index is -0.189. The first-order valence-electron chi connectivity index (χ1n) is 9.50. The van der Waals surface area contributed by atoms with Crippen LogP contribution in [0.15, 0.2) is 60.7 Å². The van der Waals surface area contributed by atoms with Crippen LogP contribution in [-0.4, -0.2) is 51.7 Å². The zero-order valence-electron chi connectivity index (χ0n) is 15.5. The van der Waals surface area contributed by atoms with Crippen LogP contribution in [0, 0.1) is 0 Å². The molecule has 2 aromatic rings. The van der Waals surface area contributed by atoms with Crippen LogP contribution in [0.25, 0.3) is 0 Å². The van der Waals surface area contributed by atoms with E-state index in [1.807, 2.05) is 36.4 Å². The smallest absolute Gasteiger partial charge is 0.289 e. The highest BCUT2D eigenvalue weighted by molar-refractivity contribution is 8.14. The Bertz CT molecular complexity index is 816. The van der Waals surface area contributed by atoms with Gasteiger partial charge in [0.05, 0.1) is 11.8 Å². The summed E-state index contributed by atoms with van der Waals surface area (Å²) in [4.78, 5) is 40.1. The molecule has 0 saturated carbocycles. The van der Waals surface area contributed by atoms with Gasteiger partial charge in [-0.25, -0.2) is 0 Å². The first kappa shape index (κ1) is 18.7. The number of likely N-dealkylation sites (tertiary alicyclic amines) is 1. The fraction of sp³-hybridized carbons (Fsp3) is 0.318. The summed E-state index contributed by atoms with van der Waals surface area (Å²) in [6.45, 7) is 1.02. The molecule has 0 radical (unpaired) electrons. The molecule has 2 fully saturated rings. The molecule has 2 saturated heterocycles. The molecule has 0 aliphatic carbocycles. The van der Waals surface area contributed by atoms with E-state index in [-0.39, 0.29) is 34.8 Å². The Hall–Kier alpha value is -2.60. The minimum Gasteiger partial charge on any atom is -0.341 e. The van der Waals surface area contributed by atoms with Crippen molar-refractivity contribution in [2.75, 3.05) is 18.8 Å². The van der Waals surface area contributed by atoms with Gasteiger partial charge in [-0.3, -0.25) is 19.3 Å². The standard InChI is InChI=1S/C22H22N2O3S/c25-20(23-12-11-18(14-23)24-21(26)15-28-22(24)27)13-19(16-7-3-1-4-8-16)17-9-5-2-6-10-17/h1-10,18-19H,11-15H2/t18-/m0/s1. The Morgan fingerprint density at radius 2 is 1.61 bits per heavy atom. The summed E-state index contributed by atoms with van der Waals surface area (Å²) in [5.74, 6) is 0.125. The number of hydrogen-bond acceptors (Lipinski definition) is 4. The maximum atomic E-state index is 13.1. The van der Waals surface area contributed by atoms with Crippen molar-refractivity contribution in [3.63, 3.8) is 0 Å². The van der Waals surface area contributed by atoms with E-state index in [4.69, 9.17) is 0 Å². The number of hydrogen-bond donors (Lipinski definition) is 0. The third kappa shape index (κ3) is 3.83. The van der Waals surface area contributed by atoms with Crippen LogP contribution < -0.4 is 0 Å². The molecule has 0 unspecified atom stereocenters. The summed E-state index contributed by atoms with van der Waals surface area (Å²) >= 11 is 1.05. The van der Waals surface area contributed by atoms with Crippen LogP contribution in [0.3, 0.4) is 0 Å². The SMILES string of the molecule is O=C(CC(c1ccccc1)c1ccccc1)N1CC[C@H](N2C(=O)CSC2=O)C1. The highest BCUT2D eigenvalue weighted by Gasteiger charge is 2.40. The summed E-state index contributed by atoms with van der Waals surface area (Å²) in [5.41, 5.74) is 2.22. The lowest BCUT2D eigenvalue weighted by atomic mass is 9.88. The topological polar surface area (TPSA) is 57.7 Å². The Morgan fingerprint density at radius 3 is 2.14 bits per heavy atom. The second-order valence-corrected chi connectivity index (χ2v) is 8.11. The zero-order valence-corrected chi connectivity index (χ0v) is 16.3. The van der Waals surface area contributed by atoms with Gasteiger partial charge in [0.2, 0.25) is 11.8 Å². The number of rotatable bonds is 5. The first-order valence-corrected chi connectivity index (χ1v) is 10.5. The molecule has 4 rings (SSSR count). The molecular formula is C22H22N2O3S. The van der Waals surface area contributed by atoms with Gasteiger partial charge in [-0.1, -0.05) is 72.4 Å². The number of carbonyl (C=O) groups excluding carboxylic acids is 3. The van der Waals surface area contributed by atoms with Crippen molar-refractivity contribution in [3.05, 3.63) is 71.8 Å². The van der Waals surface area contributed by atoms with Crippen LogP contribution in [-0.2, 0) is 9.59 Å². The molecule has 144 valence electrons. The van der Waals surface area contributed by atoms with Crippen LogP contribution in [0.2, 0.25) is 0 Å². The lowest BCUT2D eigenvalue weighted by Crippen LogP contribution is -2.41. The molecule has 0 N–H and O–H groups in total. The Balaban J connectivity index is 1.48. The van der Waals surface area contributed by atoms with Crippen molar-refractivity contribution in [2.45, 2.75) is 24.8 Å². The molecular weight excluding hydrogens is 372 g/mol. The molecule has 1 atom stereocenters. The Labute approximate surface area is 168 Å². The van der Waals surface area contributed by atoms with E-state index >= 15 is 0 Å². The van der Waals surface area contributed by atoms with Gasteiger partial charge in [0, 0.05) is 25.4 Å². The second-order valence-electron chi connectivity index (χ2n) is 7.18. The summed E-state index contributed by atoms with van der Waals surface area (Å²) < 4.78 is 0. The predicted octanol–water partition coefficient (Wildman–Crippen LogP) is 3.50. The molecule has 5 nitrogen and oxygen atoms in total. The number of carbonyl (C=O) groups is 3. The highest BCUT2D eigenvalue weighted by atomic mass is 32.2. The van der Waals surface area contributed by atoms with E-state index in [1.165, 1.54) is 4.90 Å². The molecule has 0 spiro atoms. The van der Waals surface area contributed by atoms with Crippen molar-refractivity contribution in [1.82, 2.24) is 9.80 Å². The predicted molar refractivity (Wildman–Crippen MR) is 109 cm³/mol. The third-order valence-corrected chi connectivity index (χ3v) is 6.28. The van der Waals surface area contributed by atoms with Crippen LogP contribution in [0.4, 0.5) is 4.79 Å². The van der Waals surface area contributed by atoms with E-state index in [1.54, 1.807) is 4.90 Å².